The van der Waals surface area contributed by atoms with E-state index in [0.29, 0.717) is 24.5 Å². The van der Waals surface area contributed by atoms with Gasteiger partial charge in [0.1, 0.15) is 11.6 Å². The van der Waals surface area contributed by atoms with Crippen LogP contribution in [0, 0.1) is 18.6 Å². The van der Waals surface area contributed by atoms with Crippen LogP contribution in [0.25, 0.3) is 0 Å². The van der Waals surface area contributed by atoms with Gasteiger partial charge in [-0.15, -0.1) is 0 Å². The number of nitrogens with one attached hydrogen (secondary N) is 2. The van der Waals surface area contributed by atoms with Gasteiger partial charge in [0, 0.05) is 37.5 Å². The average molecular weight is 450 g/mol. The van der Waals surface area contributed by atoms with Crippen LogP contribution in [0.3, 0.4) is 0 Å². The van der Waals surface area contributed by atoms with Crippen molar-refractivity contribution in [1.29, 1.82) is 0 Å². The van der Waals surface area contributed by atoms with Crippen LogP contribution in [0.5, 0.6) is 5.88 Å². The smallest absolute Gasteiger partial charge is 0.344 e. The SMILES string of the molecule is Cc1ccc(COc2nsc(NC(=O)NCCc3cccn3C)c2C(=O)O)c(F)c1F. The molecule has 0 radical (unpaired) electrons. The topological polar surface area (TPSA) is 105 Å². The molecule has 3 N–H and O–H groups in total. The van der Waals surface area contributed by atoms with Crippen LogP contribution in [0.1, 0.15) is 27.2 Å². The summed E-state index contributed by atoms with van der Waals surface area (Å²) in [5.41, 5.74) is 0.724. The molecule has 164 valence electrons. The lowest BCUT2D eigenvalue weighted by Crippen LogP contribution is -2.30. The van der Waals surface area contributed by atoms with Crippen LogP contribution in [-0.4, -0.2) is 32.6 Å². The lowest BCUT2D eigenvalue weighted by atomic mass is 10.1. The highest BCUT2D eigenvalue weighted by molar-refractivity contribution is 7.11. The summed E-state index contributed by atoms with van der Waals surface area (Å²) in [6.45, 7) is 1.34. The Kier molecular flexibility index (Phi) is 6.85. The summed E-state index contributed by atoms with van der Waals surface area (Å²) in [6.07, 6.45) is 2.49. The first-order chi connectivity index (χ1) is 14.8. The summed E-state index contributed by atoms with van der Waals surface area (Å²) in [4.78, 5) is 23.8. The van der Waals surface area contributed by atoms with Crippen molar-refractivity contribution in [1.82, 2.24) is 14.3 Å². The Morgan fingerprint density at radius 3 is 2.71 bits per heavy atom. The Bertz CT molecular complexity index is 1110. The number of benzene rings is 1. The number of rotatable bonds is 8. The monoisotopic (exact) mass is 450 g/mol. The molecule has 0 bridgehead atoms. The Morgan fingerprint density at radius 2 is 2.03 bits per heavy atom. The Balaban J connectivity index is 1.63. The zero-order valence-electron chi connectivity index (χ0n) is 16.7. The number of hydrogen-bond donors (Lipinski definition) is 3. The van der Waals surface area contributed by atoms with Gasteiger partial charge in [-0.25, -0.2) is 18.4 Å². The second-order valence-corrected chi connectivity index (χ2v) is 7.47. The van der Waals surface area contributed by atoms with Crippen LogP contribution in [0.2, 0.25) is 0 Å². The van der Waals surface area contributed by atoms with Gasteiger partial charge in [-0.1, -0.05) is 12.1 Å². The van der Waals surface area contributed by atoms with Crippen LogP contribution in [-0.2, 0) is 20.1 Å². The van der Waals surface area contributed by atoms with Crippen molar-refractivity contribution in [2.24, 2.45) is 7.05 Å². The maximum absolute atomic E-state index is 14.0. The van der Waals surface area contributed by atoms with Gasteiger partial charge in [0.15, 0.2) is 17.2 Å². The minimum atomic E-state index is -1.38. The minimum absolute atomic E-state index is 0.0329. The van der Waals surface area contributed by atoms with Gasteiger partial charge in [-0.3, -0.25) is 5.32 Å². The molecule has 2 aromatic heterocycles. The van der Waals surface area contributed by atoms with E-state index in [9.17, 15) is 23.5 Å². The van der Waals surface area contributed by atoms with E-state index in [0.717, 1.165) is 5.69 Å². The highest BCUT2D eigenvalue weighted by atomic mass is 32.1. The zero-order valence-corrected chi connectivity index (χ0v) is 17.6. The van der Waals surface area contributed by atoms with Gasteiger partial charge in [0.25, 0.3) is 0 Å². The number of hydrogen-bond acceptors (Lipinski definition) is 5. The van der Waals surface area contributed by atoms with Gasteiger partial charge in [-0.2, -0.15) is 4.37 Å². The molecule has 8 nitrogen and oxygen atoms in total. The molecule has 0 fully saturated rings. The maximum Gasteiger partial charge on any atom is 0.344 e. The highest BCUT2D eigenvalue weighted by Gasteiger charge is 2.24. The molecule has 0 spiro atoms. The molecule has 0 aliphatic rings. The van der Waals surface area contributed by atoms with Crippen molar-refractivity contribution >= 4 is 28.5 Å². The molecular formula is C20H20F2N4O4S. The third-order valence-corrected chi connectivity index (χ3v) is 5.29. The fraction of sp³-hybridized carbons (Fsp3) is 0.250. The Labute approximate surface area is 180 Å². The number of ether oxygens (including phenoxy) is 1. The number of aryl methyl sites for hydroxylation is 2. The van der Waals surface area contributed by atoms with Crippen molar-refractivity contribution in [3.8, 4) is 5.88 Å². The van der Waals surface area contributed by atoms with E-state index >= 15 is 0 Å². The van der Waals surface area contributed by atoms with E-state index in [1.165, 1.54) is 19.1 Å². The molecule has 11 heteroatoms. The highest BCUT2D eigenvalue weighted by Crippen LogP contribution is 2.31. The first-order valence-electron chi connectivity index (χ1n) is 9.22. The van der Waals surface area contributed by atoms with Crippen LogP contribution < -0.4 is 15.4 Å². The van der Waals surface area contributed by atoms with E-state index < -0.39 is 30.2 Å². The van der Waals surface area contributed by atoms with Gasteiger partial charge >= 0.3 is 12.0 Å². The molecule has 0 atom stereocenters. The predicted octanol–water partition coefficient (Wildman–Crippen LogP) is 3.71. The summed E-state index contributed by atoms with van der Waals surface area (Å²) in [7, 11) is 1.89. The number of carboxylic acids is 1. The molecule has 1 aromatic carbocycles. The molecule has 3 rings (SSSR count). The van der Waals surface area contributed by atoms with Crippen LogP contribution in [0.4, 0.5) is 18.6 Å². The molecule has 2 amide bonds. The summed E-state index contributed by atoms with van der Waals surface area (Å²) in [5.74, 6) is -3.73. The van der Waals surface area contributed by atoms with Crippen molar-refractivity contribution in [2.75, 3.05) is 11.9 Å². The fourth-order valence-corrected chi connectivity index (χ4v) is 3.52. The summed E-state index contributed by atoms with van der Waals surface area (Å²) in [6, 6.07) is 5.96. The van der Waals surface area contributed by atoms with E-state index in [1.807, 2.05) is 29.9 Å². The van der Waals surface area contributed by atoms with E-state index in [-0.39, 0.29) is 27.6 Å². The lowest BCUT2D eigenvalue weighted by molar-refractivity contribution is 0.0693. The molecule has 0 unspecified atom stereocenters. The molecule has 31 heavy (non-hydrogen) atoms. The lowest BCUT2D eigenvalue weighted by Gasteiger charge is -2.09. The standard InChI is InChI=1S/C20H20F2N4O4S/c1-11-5-6-12(16(22)15(11)21)10-30-17-14(19(27)28)18(31-25-17)24-20(29)23-8-7-13-4-3-9-26(13)2/h3-6,9H,7-8,10H2,1-2H3,(H,27,28)(H2,23,24,29). The predicted molar refractivity (Wildman–Crippen MR) is 111 cm³/mol. The largest absolute Gasteiger partial charge is 0.477 e. The van der Waals surface area contributed by atoms with Gasteiger partial charge in [0.2, 0.25) is 5.88 Å². The van der Waals surface area contributed by atoms with Gasteiger partial charge in [-0.05, 0) is 36.2 Å². The number of carbonyl (C=O) groups excluding carboxylic acids is 1. The normalized spacial score (nSPS) is 10.7. The van der Waals surface area contributed by atoms with Gasteiger partial charge in [0.05, 0.1) is 0 Å². The van der Waals surface area contributed by atoms with E-state index in [4.69, 9.17) is 4.74 Å². The van der Waals surface area contributed by atoms with Crippen molar-refractivity contribution in [3.05, 3.63) is 64.5 Å². The van der Waals surface area contributed by atoms with Crippen molar-refractivity contribution in [3.63, 3.8) is 0 Å². The number of carboxylic acid groups (broad SMARTS) is 1. The first kappa shape index (κ1) is 22.2. The number of aromatic carboxylic acids is 1. The summed E-state index contributed by atoms with van der Waals surface area (Å²) in [5, 5.41) is 14.5. The van der Waals surface area contributed by atoms with Gasteiger partial charge < -0.3 is 19.7 Å². The quantitative estimate of drug-likeness (QED) is 0.485. The number of carbonyl (C=O) groups is 2. The number of aromatic nitrogens is 2. The number of anilines is 1. The molecule has 0 aliphatic carbocycles. The van der Waals surface area contributed by atoms with E-state index in [1.54, 1.807) is 0 Å². The van der Waals surface area contributed by atoms with Crippen molar-refractivity contribution < 1.29 is 28.2 Å². The first-order valence-corrected chi connectivity index (χ1v) is 9.99. The molecule has 0 aliphatic heterocycles. The number of nitrogens with zero attached hydrogens (tertiary/aromatic N) is 2. The molecule has 0 saturated heterocycles. The third-order valence-electron chi connectivity index (χ3n) is 4.54. The maximum atomic E-state index is 14.0. The zero-order chi connectivity index (χ0) is 22.5. The van der Waals surface area contributed by atoms with Crippen LogP contribution >= 0.6 is 11.5 Å². The molecular weight excluding hydrogens is 430 g/mol. The average Bonchev–Trinajstić information content (AvgIpc) is 3.31. The number of halogens is 2. The van der Waals surface area contributed by atoms with E-state index in [2.05, 4.69) is 15.0 Å². The van der Waals surface area contributed by atoms with Crippen molar-refractivity contribution in [2.45, 2.75) is 20.0 Å². The fourth-order valence-electron chi connectivity index (χ4n) is 2.80. The second kappa shape index (κ2) is 9.56. The summed E-state index contributed by atoms with van der Waals surface area (Å²) < 4.78 is 38.8. The Hall–Kier alpha value is -3.47. The molecule has 0 saturated carbocycles. The van der Waals surface area contributed by atoms with Crippen LogP contribution in [0.15, 0.2) is 30.5 Å². The third kappa shape index (κ3) is 5.18. The summed E-state index contributed by atoms with van der Waals surface area (Å²) >= 11 is 0.712. The molecule has 3 aromatic rings. The second-order valence-electron chi connectivity index (χ2n) is 6.70. The number of urea groups is 1. The molecule has 2 heterocycles. The number of amides is 2. The Morgan fingerprint density at radius 1 is 1.26 bits per heavy atom. The minimum Gasteiger partial charge on any atom is -0.477 e.